The Balaban J connectivity index is 1.16. The highest BCUT2D eigenvalue weighted by Crippen LogP contribution is 2.36. The Morgan fingerprint density at radius 1 is 1.26 bits per heavy atom. The number of fused-ring (bicyclic) bond motifs is 1. The monoisotopic (exact) mass is 482 g/mol. The number of ether oxygens (including phenoxy) is 3. The number of amides is 1. The highest BCUT2D eigenvalue weighted by atomic mass is 32.2. The van der Waals surface area contributed by atoms with Crippen LogP contribution < -0.4 is 19.1 Å². The second-order valence-corrected chi connectivity index (χ2v) is 9.33. The van der Waals surface area contributed by atoms with E-state index in [0.717, 1.165) is 28.6 Å². The molecule has 1 N–H and O–H groups in total. The number of aryl methyl sites for hydroxylation is 1. The first-order valence-electron chi connectivity index (χ1n) is 11.1. The van der Waals surface area contributed by atoms with E-state index in [1.807, 2.05) is 44.3 Å². The second kappa shape index (κ2) is 9.90. The van der Waals surface area contributed by atoms with E-state index in [2.05, 4.69) is 24.6 Å². The van der Waals surface area contributed by atoms with Crippen molar-refractivity contribution in [3.63, 3.8) is 0 Å². The summed E-state index contributed by atoms with van der Waals surface area (Å²) in [7, 11) is 0. The van der Waals surface area contributed by atoms with Crippen LogP contribution in [-0.4, -0.2) is 58.0 Å². The minimum absolute atomic E-state index is 0.0628. The van der Waals surface area contributed by atoms with E-state index in [4.69, 9.17) is 14.2 Å². The number of benzene rings is 1. The fraction of sp³-hybridized carbons (Fsp3) is 0.391. The molecule has 2 aromatic heterocycles. The van der Waals surface area contributed by atoms with Gasteiger partial charge in [-0.3, -0.25) is 14.1 Å². The topological polar surface area (TPSA) is 104 Å². The van der Waals surface area contributed by atoms with Crippen LogP contribution in [0.3, 0.4) is 0 Å². The van der Waals surface area contributed by atoms with E-state index in [1.165, 1.54) is 11.9 Å². The van der Waals surface area contributed by atoms with Crippen molar-refractivity contribution in [2.45, 2.75) is 31.6 Å². The lowest BCUT2D eigenvalue weighted by Gasteiger charge is -2.33. The maximum absolute atomic E-state index is 12.6. The summed E-state index contributed by atoms with van der Waals surface area (Å²) < 4.78 is 21.4. The molecule has 0 radical (unpaired) electrons. The molecule has 1 fully saturated rings. The standard InChI is InChI=1S/C23H26N6O4S/c1-15-9-21(26-23(25-15)29-6-5-24-13-29)28-7-8-31-18(12-28)11-22(30)27-34-16(2)17-3-4-19-20(10-17)33-14-32-19/h3-6,9-10,13,16,18H,7-8,11-12,14H2,1-2H3,(H,27,30). The van der Waals surface area contributed by atoms with Gasteiger partial charge in [-0.1, -0.05) is 6.07 Å². The van der Waals surface area contributed by atoms with E-state index < -0.39 is 0 Å². The number of morpholine rings is 1. The van der Waals surface area contributed by atoms with Gasteiger partial charge in [0.2, 0.25) is 18.6 Å². The lowest BCUT2D eigenvalue weighted by molar-refractivity contribution is -0.122. The van der Waals surface area contributed by atoms with Crippen LogP contribution in [-0.2, 0) is 9.53 Å². The molecule has 2 aliphatic heterocycles. The lowest BCUT2D eigenvalue weighted by atomic mass is 10.1. The number of carbonyl (C=O) groups is 1. The normalized spacial score (nSPS) is 18.1. The first kappa shape index (κ1) is 22.5. The van der Waals surface area contributed by atoms with Gasteiger partial charge >= 0.3 is 0 Å². The second-order valence-electron chi connectivity index (χ2n) is 8.18. The van der Waals surface area contributed by atoms with E-state index in [0.29, 0.717) is 25.6 Å². The van der Waals surface area contributed by atoms with Crippen LogP contribution in [0, 0.1) is 6.92 Å². The zero-order valence-electron chi connectivity index (χ0n) is 19.0. The Hall–Kier alpha value is -3.31. The number of hydrogen-bond acceptors (Lipinski definition) is 9. The van der Waals surface area contributed by atoms with Gasteiger partial charge in [0.25, 0.3) is 0 Å². The summed E-state index contributed by atoms with van der Waals surface area (Å²) >= 11 is 1.38. The maximum atomic E-state index is 12.6. The minimum Gasteiger partial charge on any atom is -0.454 e. The molecule has 1 aromatic carbocycles. The van der Waals surface area contributed by atoms with Gasteiger partial charge in [-0.15, -0.1) is 0 Å². The summed E-state index contributed by atoms with van der Waals surface area (Å²) in [5.74, 6) is 2.81. The van der Waals surface area contributed by atoms with Crippen molar-refractivity contribution < 1.29 is 19.0 Å². The van der Waals surface area contributed by atoms with Gasteiger partial charge in [0.15, 0.2) is 11.5 Å². The summed E-state index contributed by atoms with van der Waals surface area (Å²) in [6.45, 7) is 6.03. The van der Waals surface area contributed by atoms with E-state index in [9.17, 15) is 4.79 Å². The minimum atomic E-state index is -0.220. The fourth-order valence-corrected chi connectivity index (χ4v) is 4.55. The summed E-state index contributed by atoms with van der Waals surface area (Å²) in [6, 6.07) is 7.79. The number of hydrogen-bond donors (Lipinski definition) is 1. The molecule has 11 heteroatoms. The van der Waals surface area contributed by atoms with Crippen LogP contribution in [0.15, 0.2) is 43.0 Å². The summed E-state index contributed by atoms with van der Waals surface area (Å²) in [4.78, 5) is 28.0. The zero-order chi connectivity index (χ0) is 23.5. The van der Waals surface area contributed by atoms with Gasteiger partial charge in [-0.05, 0) is 43.5 Å². The smallest absolute Gasteiger partial charge is 0.237 e. The number of carbonyl (C=O) groups excluding carboxylic acids is 1. The zero-order valence-corrected chi connectivity index (χ0v) is 19.8. The van der Waals surface area contributed by atoms with Crippen molar-refractivity contribution in [1.29, 1.82) is 0 Å². The number of imidazole rings is 1. The Bertz CT molecular complexity index is 1160. The van der Waals surface area contributed by atoms with Crippen LogP contribution in [0.5, 0.6) is 11.5 Å². The number of anilines is 1. The molecule has 2 aliphatic rings. The Kier molecular flexibility index (Phi) is 6.54. The van der Waals surface area contributed by atoms with Crippen molar-refractivity contribution in [3.05, 3.63) is 54.2 Å². The molecule has 178 valence electrons. The molecule has 0 saturated carbocycles. The van der Waals surface area contributed by atoms with Crippen molar-refractivity contribution >= 4 is 23.7 Å². The molecule has 1 amide bonds. The third kappa shape index (κ3) is 5.10. The van der Waals surface area contributed by atoms with Crippen molar-refractivity contribution in [3.8, 4) is 17.4 Å². The largest absolute Gasteiger partial charge is 0.454 e. The number of nitrogens with zero attached hydrogens (tertiary/aromatic N) is 5. The quantitative estimate of drug-likeness (QED) is 0.509. The number of rotatable bonds is 7. The van der Waals surface area contributed by atoms with Crippen LogP contribution in [0.25, 0.3) is 5.95 Å². The van der Waals surface area contributed by atoms with Crippen LogP contribution in [0.2, 0.25) is 0 Å². The Labute approximate surface area is 201 Å². The van der Waals surface area contributed by atoms with E-state index in [1.54, 1.807) is 17.1 Å². The van der Waals surface area contributed by atoms with Gasteiger partial charge in [0, 0.05) is 42.5 Å². The fourth-order valence-electron chi connectivity index (χ4n) is 3.88. The molecule has 34 heavy (non-hydrogen) atoms. The highest BCUT2D eigenvalue weighted by Gasteiger charge is 2.25. The average molecular weight is 483 g/mol. The van der Waals surface area contributed by atoms with E-state index in [-0.39, 0.29) is 30.5 Å². The Morgan fingerprint density at radius 2 is 2.15 bits per heavy atom. The summed E-state index contributed by atoms with van der Waals surface area (Å²) in [5.41, 5.74) is 1.92. The maximum Gasteiger partial charge on any atom is 0.237 e. The van der Waals surface area contributed by atoms with Crippen molar-refractivity contribution in [1.82, 2.24) is 24.2 Å². The van der Waals surface area contributed by atoms with Crippen molar-refractivity contribution in [2.75, 3.05) is 31.4 Å². The predicted octanol–water partition coefficient (Wildman–Crippen LogP) is 2.82. The third-order valence-corrected chi connectivity index (χ3v) is 6.63. The molecule has 3 aromatic rings. The van der Waals surface area contributed by atoms with Gasteiger partial charge in [-0.2, -0.15) is 4.98 Å². The SMILES string of the molecule is Cc1cc(N2CCOC(CC(=O)NSC(C)c3ccc4c(c3)OCO4)C2)nc(-n2ccnc2)n1. The number of nitrogens with one attached hydrogen (secondary N) is 1. The molecular formula is C23H26N6O4S. The summed E-state index contributed by atoms with van der Waals surface area (Å²) in [5, 5.41) is 0.0628. The molecule has 0 aliphatic carbocycles. The Morgan fingerprint density at radius 3 is 3.00 bits per heavy atom. The van der Waals surface area contributed by atoms with Gasteiger partial charge < -0.3 is 19.1 Å². The molecule has 2 atom stereocenters. The van der Waals surface area contributed by atoms with Crippen LogP contribution in [0.1, 0.15) is 29.9 Å². The van der Waals surface area contributed by atoms with Gasteiger partial charge in [0.05, 0.1) is 19.1 Å². The summed E-state index contributed by atoms with van der Waals surface area (Å²) in [6.07, 6.45) is 5.23. The molecule has 0 spiro atoms. The highest BCUT2D eigenvalue weighted by molar-refractivity contribution is 7.98. The molecule has 0 bridgehead atoms. The molecular weight excluding hydrogens is 456 g/mol. The molecule has 10 nitrogen and oxygen atoms in total. The average Bonchev–Trinajstić information content (AvgIpc) is 3.54. The van der Waals surface area contributed by atoms with Crippen LogP contribution in [0.4, 0.5) is 5.82 Å². The van der Waals surface area contributed by atoms with Crippen LogP contribution >= 0.6 is 11.9 Å². The third-order valence-electron chi connectivity index (χ3n) is 5.66. The molecule has 4 heterocycles. The van der Waals surface area contributed by atoms with Gasteiger partial charge in [0.1, 0.15) is 12.1 Å². The number of aromatic nitrogens is 4. The molecule has 2 unspecified atom stereocenters. The lowest BCUT2D eigenvalue weighted by Crippen LogP contribution is -2.44. The van der Waals surface area contributed by atoms with Gasteiger partial charge in [-0.25, -0.2) is 9.97 Å². The molecule has 5 rings (SSSR count). The first-order chi connectivity index (χ1) is 16.5. The first-order valence-corrected chi connectivity index (χ1v) is 12.0. The predicted molar refractivity (Wildman–Crippen MR) is 127 cm³/mol. The molecule has 1 saturated heterocycles. The van der Waals surface area contributed by atoms with Crippen molar-refractivity contribution in [2.24, 2.45) is 0 Å². The van der Waals surface area contributed by atoms with E-state index >= 15 is 0 Å².